The van der Waals surface area contributed by atoms with Crippen molar-refractivity contribution in [3.8, 4) is 16.9 Å². The molecule has 1 aromatic carbocycles. The van der Waals surface area contributed by atoms with Crippen LogP contribution < -0.4 is 0 Å². The van der Waals surface area contributed by atoms with Crippen LogP contribution in [0.25, 0.3) is 22.0 Å². The summed E-state index contributed by atoms with van der Waals surface area (Å²) < 4.78 is 7.23. The number of phenols is 1. The number of fused-ring (bicyclic) bond motifs is 1. The van der Waals surface area contributed by atoms with Crippen molar-refractivity contribution in [2.75, 3.05) is 20.7 Å². The molecule has 0 saturated heterocycles. The molecule has 0 saturated carbocycles. The highest BCUT2D eigenvalue weighted by Crippen LogP contribution is 2.41. The van der Waals surface area contributed by atoms with E-state index < -0.39 is 0 Å². The van der Waals surface area contributed by atoms with E-state index in [1.807, 2.05) is 43.6 Å². The Morgan fingerprint density at radius 1 is 1.30 bits per heavy atom. The first-order valence-corrected chi connectivity index (χ1v) is 8.77. The number of aromatic hydroxyl groups is 1. The number of hydrogen-bond donors (Lipinski definition) is 1. The maximum absolute atomic E-state index is 12.6. The highest BCUT2D eigenvalue weighted by atomic mass is 16.5. The van der Waals surface area contributed by atoms with Gasteiger partial charge in [-0.15, -0.1) is 0 Å². The first-order valence-electron chi connectivity index (χ1n) is 8.77. The van der Waals surface area contributed by atoms with Crippen molar-refractivity contribution in [2.24, 2.45) is 7.05 Å². The maximum Gasteiger partial charge on any atom is 0.340 e. The number of nitrogens with zero attached hydrogens (tertiary/aromatic N) is 4. The minimum absolute atomic E-state index is 0.127. The van der Waals surface area contributed by atoms with Crippen molar-refractivity contribution in [1.29, 1.82) is 0 Å². The molecule has 7 heteroatoms. The third-order valence-corrected chi connectivity index (χ3v) is 4.68. The van der Waals surface area contributed by atoms with Crippen LogP contribution in [0.3, 0.4) is 0 Å². The molecule has 0 fully saturated rings. The molecule has 2 aromatic heterocycles. The summed E-state index contributed by atoms with van der Waals surface area (Å²) in [4.78, 5) is 22.7. The van der Waals surface area contributed by atoms with Crippen LogP contribution in [0.1, 0.15) is 28.5 Å². The van der Waals surface area contributed by atoms with Gasteiger partial charge in [0.1, 0.15) is 12.1 Å². The zero-order valence-electron chi connectivity index (χ0n) is 16.3. The third kappa shape index (κ3) is 3.26. The molecule has 0 atom stereocenters. The zero-order chi connectivity index (χ0) is 19.7. The average molecular weight is 368 g/mol. The molecule has 7 nitrogen and oxygen atoms in total. The first kappa shape index (κ1) is 18.8. The van der Waals surface area contributed by atoms with Crippen LogP contribution >= 0.6 is 0 Å². The van der Waals surface area contributed by atoms with Gasteiger partial charge in [-0.2, -0.15) is 0 Å². The van der Waals surface area contributed by atoms with E-state index in [9.17, 15) is 9.90 Å². The van der Waals surface area contributed by atoms with Gasteiger partial charge in [-0.3, -0.25) is 0 Å². The third-order valence-electron chi connectivity index (χ3n) is 4.68. The molecule has 3 aromatic rings. The van der Waals surface area contributed by atoms with E-state index >= 15 is 0 Å². The van der Waals surface area contributed by atoms with Crippen molar-refractivity contribution in [1.82, 2.24) is 19.4 Å². The molecule has 2 heterocycles. The number of benzene rings is 1. The molecular formula is C20H24N4O3. The summed E-state index contributed by atoms with van der Waals surface area (Å²) in [6.45, 7) is 4.43. The second kappa shape index (κ2) is 7.36. The summed E-state index contributed by atoms with van der Waals surface area (Å²) in [6.07, 6.45) is 4.77. The summed E-state index contributed by atoms with van der Waals surface area (Å²) >= 11 is 0. The molecule has 0 aliphatic heterocycles. The SMILES string of the molecule is CCOC(=O)c1c(C)n(C)c2cc(-c3cncnc3)c(O)c(CN(C)C)c12. The van der Waals surface area contributed by atoms with E-state index in [1.54, 1.807) is 19.3 Å². The Hall–Kier alpha value is -2.93. The minimum atomic E-state index is -0.379. The summed E-state index contributed by atoms with van der Waals surface area (Å²) in [5.41, 5.74) is 4.18. The van der Waals surface area contributed by atoms with Crippen molar-refractivity contribution in [3.05, 3.63) is 41.6 Å². The molecule has 0 unspecified atom stereocenters. The molecule has 0 bridgehead atoms. The number of esters is 1. The van der Waals surface area contributed by atoms with Crippen LogP contribution in [0.4, 0.5) is 0 Å². The zero-order valence-corrected chi connectivity index (χ0v) is 16.3. The fourth-order valence-corrected chi connectivity index (χ4v) is 3.37. The molecule has 0 aliphatic carbocycles. The van der Waals surface area contributed by atoms with Crippen molar-refractivity contribution in [2.45, 2.75) is 20.4 Å². The van der Waals surface area contributed by atoms with E-state index in [0.717, 1.165) is 16.6 Å². The molecule has 0 spiro atoms. The number of aryl methyl sites for hydroxylation is 1. The van der Waals surface area contributed by atoms with Crippen LogP contribution in [-0.2, 0) is 18.3 Å². The normalized spacial score (nSPS) is 11.3. The minimum Gasteiger partial charge on any atom is -0.507 e. The Labute approximate surface area is 158 Å². The monoisotopic (exact) mass is 368 g/mol. The summed E-state index contributed by atoms with van der Waals surface area (Å²) in [6, 6.07) is 1.87. The van der Waals surface area contributed by atoms with Crippen LogP contribution in [0.5, 0.6) is 5.75 Å². The van der Waals surface area contributed by atoms with E-state index in [2.05, 4.69) is 9.97 Å². The van der Waals surface area contributed by atoms with Gasteiger partial charge in [0.05, 0.1) is 17.7 Å². The predicted molar refractivity (Wildman–Crippen MR) is 104 cm³/mol. The van der Waals surface area contributed by atoms with Gasteiger partial charge >= 0.3 is 5.97 Å². The number of aromatic nitrogens is 3. The fourth-order valence-electron chi connectivity index (χ4n) is 3.37. The molecule has 0 aliphatic rings. The van der Waals surface area contributed by atoms with Gasteiger partial charge in [-0.1, -0.05) is 0 Å². The maximum atomic E-state index is 12.6. The van der Waals surface area contributed by atoms with Crippen LogP contribution in [0, 0.1) is 6.92 Å². The molecule has 1 N–H and O–H groups in total. The number of carbonyl (C=O) groups is 1. The van der Waals surface area contributed by atoms with Gasteiger partial charge in [0.25, 0.3) is 0 Å². The largest absolute Gasteiger partial charge is 0.507 e. The topological polar surface area (TPSA) is 80.5 Å². The lowest BCUT2D eigenvalue weighted by molar-refractivity contribution is 0.0527. The van der Waals surface area contributed by atoms with Gasteiger partial charge in [0, 0.05) is 53.8 Å². The number of ether oxygens (including phenoxy) is 1. The Bertz CT molecular complexity index is 994. The van der Waals surface area contributed by atoms with Gasteiger partial charge in [0.2, 0.25) is 0 Å². The lowest BCUT2D eigenvalue weighted by Gasteiger charge is -2.17. The van der Waals surface area contributed by atoms with Crippen LogP contribution in [0.2, 0.25) is 0 Å². The summed E-state index contributed by atoms with van der Waals surface area (Å²) in [7, 11) is 5.75. The van der Waals surface area contributed by atoms with E-state index in [0.29, 0.717) is 35.4 Å². The predicted octanol–water partition coefficient (Wildman–Crippen LogP) is 2.89. The van der Waals surface area contributed by atoms with E-state index in [1.165, 1.54) is 6.33 Å². The molecule has 0 amide bonds. The molecule has 27 heavy (non-hydrogen) atoms. The highest BCUT2D eigenvalue weighted by molar-refractivity contribution is 6.09. The van der Waals surface area contributed by atoms with Gasteiger partial charge < -0.3 is 19.3 Å². The Balaban J connectivity index is 2.40. The number of phenolic OH excluding ortho intramolecular Hbond substituents is 1. The lowest BCUT2D eigenvalue weighted by Crippen LogP contribution is -2.13. The summed E-state index contributed by atoms with van der Waals surface area (Å²) in [5.74, 6) is -0.252. The molecular weight excluding hydrogens is 344 g/mol. The number of hydrogen-bond acceptors (Lipinski definition) is 6. The highest BCUT2D eigenvalue weighted by Gasteiger charge is 2.26. The van der Waals surface area contributed by atoms with Crippen molar-refractivity contribution < 1.29 is 14.6 Å². The molecule has 3 rings (SSSR count). The first-order chi connectivity index (χ1) is 12.9. The average Bonchev–Trinajstić information content (AvgIpc) is 2.89. The van der Waals surface area contributed by atoms with Crippen molar-refractivity contribution >= 4 is 16.9 Å². The summed E-state index contributed by atoms with van der Waals surface area (Å²) in [5, 5.41) is 11.8. The number of rotatable bonds is 5. The molecule has 0 radical (unpaired) electrons. The van der Waals surface area contributed by atoms with E-state index in [4.69, 9.17) is 4.74 Å². The molecule has 142 valence electrons. The van der Waals surface area contributed by atoms with Crippen LogP contribution in [-0.4, -0.2) is 51.2 Å². The number of carbonyl (C=O) groups excluding carboxylic acids is 1. The Kier molecular flexibility index (Phi) is 5.14. The van der Waals surface area contributed by atoms with Gasteiger partial charge in [-0.25, -0.2) is 14.8 Å². The smallest absolute Gasteiger partial charge is 0.340 e. The second-order valence-electron chi connectivity index (χ2n) is 6.75. The van der Waals surface area contributed by atoms with Crippen molar-refractivity contribution in [3.63, 3.8) is 0 Å². The lowest BCUT2D eigenvalue weighted by atomic mass is 9.97. The van der Waals surface area contributed by atoms with Gasteiger partial charge in [0.15, 0.2) is 0 Å². The van der Waals surface area contributed by atoms with Crippen LogP contribution in [0.15, 0.2) is 24.8 Å². The van der Waals surface area contributed by atoms with E-state index in [-0.39, 0.29) is 11.7 Å². The quantitative estimate of drug-likeness (QED) is 0.698. The fraction of sp³-hybridized carbons (Fsp3) is 0.350. The second-order valence-corrected chi connectivity index (χ2v) is 6.75. The standard InChI is InChI=1S/C20H24N4O3/c1-6-27-20(26)17-12(2)24(5)16-7-14(13-8-21-11-22-9-13)19(25)15(18(16)17)10-23(3)4/h7-9,11,25H,6,10H2,1-5H3. The Morgan fingerprint density at radius 3 is 2.56 bits per heavy atom. The Morgan fingerprint density at radius 2 is 1.96 bits per heavy atom. The van der Waals surface area contributed by atoms with Gasteiger partial charge in [-0.05, 0) is 34.0 Å².